The van der Waals surface area contributed by atoms with Crippen LogP contribution in [0.5, 0.6) is 0 Å². The predicted molar refractivity (Wildman–Crippen MR) is 59.7 cm³/mol. The number of likely N-dealkylation sites (tertiary alicyclic amines) is 1. The first-order valence-corrected chi connectivity index (χ1v) is 5.72. The Bertz CT molecular complexity index is 437. The minimum atomic E-state index is -0.839. The van der Waals surface area contributed by atoms with Crippen LogP contribution in [0.1, 0.15) is 29.7 Å². The fraction of sp³-hybridized carbons (Fsp3) is 0.500. The zero-order valence-electron chi connectivity index (χ0n) is 9.68. The highest BCUT2D eigenvalue weighted by atomic mass is 16.4. The Morgan fingerprint density at radius 2 is 2.29 bits per heavy atom. The molecule has 1 atom stereocenters. The maximum atomic E-state index is 12.0. The first-order chi connectivity index (χ1) is 8.11. The highest BCUT2D eigenvalue weighted by Gasteiger charge is 2.32. The van der Waals surface area contributed by atoms with Gasteiger partial charge in [-0.05, 0) is 18.6 Å². The number of furan rings is 1. The highest BCUT2D eigenvalue weighted by Crippen LogP contribution is 2.20. The van der Waals surface area contributed by atoms with Crippen molar-refractivity contribution >= 4 is 11.9 Å². The van der Waals surface area contributed by atoms with Crippen molar-refractivity contribution in [2.45, 2.75) is 19.8 Å². The van der Waals surface area contributed by atoms with Crippen molar-refractivity contribution in [3.8, 4) is 0 Å². The number of hydrogen-bond acceptors (Lipinski definition) is 3. The van der Waals surface area contributed by atoms with E-state index in [1.54, 1.807) is 12.1 Å². The van der Waals surface area contributed by atoms with Crippen molar-refractivity contribution in [3.05, 3.63) is 23.7 Å². The zero-order chi connectivity index (χ0) is 12.4. The van der Waals surface area contributed by atoms with E-state index in [0.29, 0.717) is 18.7 Å². The molecule has 5 nitrogen and oxygen atoms in total. The van der Waals surface area contributed by atoms with Crippen LogP contribution in [0.2, 0.25) is 0 Å². The van der Waals surface area contributed by atoms with Gasteiger partial charge in [0.1, 0.15) is 5.76 Å². The lowest BCUT2D eigenvalue weighted by atomic mass is 10.1. The van der Waals surface area contributed by atoms with E-state index in [4.69, 9.17) is 9.52 Å². The molecule has 0 aliphatic carbocycles. The van der Waals surface area contributed by atoms with E-state index >= 15 is 0 Å². The lowest BCUT2D eigenvalue weighted by molar-refractivity contribution is -0.141. The molecule has 0 spiro atoms. The summed E-state index contributed by atoms with van der Waals surface area (Å²) in [6.07, 6.45) is 1.26. The average Bonchev–Trinajstić information content (AvgIpc) is 2.97. The van der Waals surface area contributed by atoms with Gasteiger partial charge in [0, 0.05) is 19.5 Å². The minimum Gasteiger partial charge on any atom is -0.481 e. The van der Waals surface area contributed by atoms with Crippen LogP contribution in [0.25, 0.3) is 0 Å². The van der Waals surface area contributed by atoms with E-state index in [-0.39, 0.29) is 12.5 Å². The Morgan fingerprint density at radius 3 is 2.82 bits per heavy atom. The number of carboxylic acids is 1. The fourth-order valence-corrected chi connectivity index (χ4v) is 1.99. The van der Waals surface area contributed by atoms with Crippen molar-refractivity contribution in [2.75, 3.05) is 13.1 Å². The number of carbonyl (C=O) groups is 2. The van der Waals surface area contributed by atoms with Gasteiger partial charge in [-0.2, -0.15) is 0 Å². The number of carboxylic acid groups (broad SMARTS) is 1. The van der Waals surface area contributed by atoms with E-state index in [1.165, 1.54) is 4.90 Å². The van der Waals surface area contributed by atoms with E-state index < -0.39 is 11.9 Å². The fourth-order valence-electron chi connectivity index (χ4n) is 1.99. The largest absolute Gasteiger partial charge is 0.481 e. The van der Waals surface area contributed by atoms with Crippen LogP contribution in [-0.2, 0) is 11.2 Å². The summed E-state index contributed by atoms with van der Waals surface area (Å²) in [6, 6.07) is 3.42. The number of hydrogen-bond donors (Lipinski definition) is 1. The van der Waals surface area contributed by atoms with Crippen molar-refractivity contribution in [2.24, 2.45) is 5.92 Å². The summed E-state index contributed by atoms with van der Waals surface area (Å²) in [6.45, 7) is 2.71. The van der Waals surface area contributed by atoms with E-state index in [2.05, 4.69) is 0 Å². The standard InChI is InChI=1S/C12H15NO4/c1-2-9-3-4-10(17-9)11(14)13-6-5-8(7-13)12(15)16/h3-4,8H,2,5-7H2,1H3,(H,15,16)/t8-/m0/s1. The third-order valence-corrected chi connectivity index (χ3v) is 3.05. The molecule has 1 fully saturated rings. The summed E-state index contributed by atoms with van der Waals surface area (Å²) >= 11 is 0. The van der Waals surface area contributed by atoms with Crippen molar-refractivity contribution < 1.29 is 19.1 Å². The first-order valence-electron chi connectivity index (χ1n) is 5.72. The molecule has 0 unspecified atom stereocenters. The maximum Gasteiger partial charge on any atom is 0.308 e. The van der Waals surface area contributed by atoms with Crippen LogP contribution in [0, 0.1) is 5.92 Å². The predicted octanol–water partition coefficient (Wildman–Crippen LogP) is 1.39. The Labute approximate surface area is 99.0 Å². The van der Waals surface area contributed by atoms with Crippen molar-refractivity contribution in [3.63, 3.8) is 0 Å². The number of nitrogens with zero attached hydrogens (tertiary/aromatic N) is 1. The van der Waals surface area contributed by atoms with Crippen LogP contribution < -0.4 is 0 Å². The summed E-state index contributed by atoms with van der Waals surface area (Å²) in [5, 5.41) is 8.86. The highest BCUT2D eigenvalue weighted by molar-refractivity contribution is 5.92. The smallest absolute Gasteiger partial charge is 0.308 e. The number of amides is 1. The zero-order valence-corrected chi connectivity index (χ0v) is 9.68. The number of aryl methyl sites for hydroxylation is 1. The quantitative estimate of drug-likeness (QED) is 0.862. The number of carbonyl (C=O) groups excluding carboxylic acids is 1. The maximum absolute atomic E-state index is 12.0. The first kappa shape index (κ1) is 11.7. The monoisotopic (exact) mass is 237 g/mol. The van der Waals surface area contributed by atoms with Crippen LogP contribution in [0.15, 0.2) is 16.5 Å². The Balaban J connectivity index is 2.04. The molecule has 2 rings (SSSR count). The SMILES string of the molecule is CCc1ccc(C(=O)N2CC[C@H](C(=O)O)C2)o1. The van der Waals surface area contributed by atoms with Crippen LogP contribution in [0.4, 0.5) is 0 Å². The van der Waals surface area contributed by atoms with Gasteiger partial charge in [-0.1, -0.05) is 6.92 Å². The van der Waals surface area contributed by atoms with Gasteiger partial charge < -0.3 is 14.4 Å². The molecule has 1 amide bonds. The molecule has 5 heteroatoms. The summed E-state index contributed by atoms with van der Waals surface area (Å²) < 4.78 is 5.36. The molecule has 1 N–H and O–H groups in total. The summed E-state index contributed by atoms with van der Waals surface area (Å²) in [4.78, 5) is 24.3. The lowest BCUT2D eigenvalue weighted by Gasteiger charge is -2.13. The molecule has 1 aromatic rings. The molecule has 17 heavy (non-hydrogen) atoms. The molecule has 0 bridgehead atoms. The lowest BCUT2D eigenvalue weighted by Crippen LogP contribution is -2.29. The molecule has 0 aromatic carbocycles. The molecule has 1 saturated heterocycles. The molecule has 2 heterocycles. The normalized spacial score (nSPS) is 19.6. The summed E-state index contributed by atoms with van der Waals surface area (Å²) in [5.74, 6) is -0.433. The van der Waals surface area contributed by atoms with Gasteiger partial charge in [0.05, 0.1) is 5.92 Å². The second kappa shape index (κ2) is 4.61. The van der Waals surface area contributed by atoms with Gasteiger partial charge in [-0.25, -0.2) is 0 Å². The molecule has 1 aromatic heterocycles. The van der Waals surface area contributed by atoms with Gasteiger partial charge in [0.2, 0.25) is 0 Å². The van der Waals surface area contributed by atoms with E-state index in [0.717, 1.165) is 12.2 Å². The third kappa shape index (κ3) is 2.33. The molecule has 0 radical (unpaired) electrons. The number of rotatable bonds is 3. The van der Waals surface area contributed by atoms with Crippen molar-refractivity contribution in [1.29, 1.82) is 0 Å². The average molecular weight is 237 g/mol. The van der Waals surface area contributed by atoms with Crippen LogP contribution >= 0.6 is 0 Å². The molecular formula is C12H15NO4. The molecule has 0 saturated carbocycles. The Morgan fingerprint density at radius 1 is 1.53 bits per heavy atom. The third-order valence-electron chi connectivity index (χ3n) is 3.05. The van der Waals surface area contributed by atoms with Crippen LogP contribution in [-0.4, -0.2) is 35.0 Å². The summed E-state index contributed by atoms with van der Waals surface area (Å²) in [5.41, 5.74) is 0. The second-order valence-corrected chi connectivity index (χ2v) is 4.19. The topological polar surface area (TPSA) is 70.8 Å². The minimum absolute atomic E-state index is 0.214. The van der Waals surface area contributed by atoms with Gasteiger partial charge in [0.15, 0.2) is 5.76 Å². The van der Waals surface area contributed by atoms with Gasteiger partial charge >= 0.3 is 5.97 Å². The molecule has 1 aliphatic heterocycles. The Kier molecular flexibility index (Phi) is 3.17. The van der Waals surface area contributed by atoms with Gasteiger partial charge in [-0.15, -0.1) is 0 Å². The molecule has 92 valence electrons. The van der Waals surface area contributed by atoms with E-state index in [1.807, 2.05) is 6.92 Å². The van der Waals surface area contributed by atoms with Gasteiger partial charge in [-0.3, -0.25) is 9.59 Å². The van der Waals surface area contributed by atoms with Gasteiger partial charge in [0.25, 0.3) is 5.91 Å². The second-order valence-electron chi connectivity index (χ2n) is 4.19. The molecule has 1 aliphatic rings. The van der Waals surface area contributed by atoms with Crippen molar-refractivity contribution in [1.82, 2.24) is 4.90 Å². The summed E-state index contributed by atoms with van der Waals surface area (Å²) in [7, 11) is 0. The van der Waals surface area contributed by atoms with Crippen LogP contribution in [0.3, 0.4) is 0 Å². The Hall–Kier alpha value is -1.78. The number of aliphatic carboxylic acids is 1. The molecular weight excluding hydrogens is 222 g/mol. The van der Waals surface area contributed by atoms with E-state index in [9.17, 15) is 9.59 Å².